The monoisotopic (exact) mass is 247 g/mol. The van der Waals surface area contributed by atoms with Gasteiger partial charge in [-0.15, -0.1) is 11.3 Å². The number of nitrogens with zero attached hydrogens (tertiary/aromatic N) is 1. The summed E-state index contributed by atoms with van der Waals surface area (Å²) < 4.78 is 31.3. The van der Waals surface area contributed by atoms with Gasteiger partial charge in [0.15, 0.2) is 0 Å². The van der Waals surface area contributed by atoms with Crippen LogP contribution in [0.5, 0.6) is 0 Å². The maximum atomic E-state index is 12.1. The van der Waals surface area contributed by atoms with Crippen molar-refractivity contribution in [3.8, 4) is 0 Å². The Bertz CT molecular complexity index is 452. The Labute approximate surface area is 93.5 Å². The van der Waals surface area contributed by atoms with Crippen LogP contribution < -0.4 is 0 Å². The van der Waals surface area contributed by atoms with Gasteiger partial charge in [-0.2, -0.15) is 4.31 Å². The lowest BCUT2D eigenvalue weighted by atomic mass is 10.5. The summed E-state index contributed by atoms with van der Waals surface area (Å²) in [6.07, 6.45) is -0.350. The van der Waals surface area contributed by atoms with E-state index in [1.54, 1.807) is 13.0 Å². The topological polar surface area (TPSA) is 46.6 Å². The van der Waals surface area contributed by atoms with E-state index in [1.807, 2.05) is 13.0 Å². The highest BCUT2D eigenvalue weighted by Gasteiger charge is 2.34. The van der Waals surface area contributed by atoms with E-state index in [2.05, 4.69) is 0 Å². The highest BCUT2D eigenvalue weighted by Crippen LogP contribution is 2.27. The predicted octanol–water partition coefficient (Wildman–Crippen LogP) is 1.42. The van der Waals surface area contributed by atoms with Gasteiger partial charge in [0.25, 0.3) is 10.0 Å². The Kier molecular flexibility index (Phi) is 2.85. The van der Waals surface area contributed by atoms with Crippen LogP contribution in [0.4, 0.5) is 0 Å². The van der Waals surface area contributed by atoms with Gasteiger partial charge in [-0.3, -0.25) is 0 Å². The van der Waals surface area contributed by atoms with Crippen molar-refractivity contribution in [2.75, 3.05) is 13.2 Å². The molecule has 0 spiro atoms. The van der Waals surface area contributed by atoms with Crippen molar-refractivity contribution in [1.29, 1.82) is 0 Å². The van der Waals surface area contributed by atoms with Crippen LogP contribution in [0.2, 0.25) is 0 Å². The Balaban J connectivity index is 2.34. The smallest absolute Gasteiger partial charge is 0.254 e. The lowest BCUT2D eigenvalue weighted by molar-refractivity contribution is 0.0847. The molecule has 0 aromatic carbocycles. The first-order valence-corrected chi connectivity index (χ1v) is 6.97. The largest absolute Gasteiger partial charge is 0.361 e. The zero-order chi connectivity index (χ0) is 11.1. The molecule has 1 atom stereocenters. The summed E-state index contributed by atoms with van der Waals surface area (Å²) in [5.41, 5.74) is 0. The molecule has 0 bridgehead atoms. The highest BCUT2D eigenvalue weighted by atomic mass is 32.2. The molecule has 0 amide bonds. The van der Waals surface area contributed by atoms with Crippen molar-refractivity contribution >= 4 is 21.4 Å². The fraction of sp³-hybridized carbons (Fsp3) is 0.556. The Morgan fingerprint density at radius 1 is 1.53 bits per heavy atom. The van der Waals surface area contributed by atoms with Gasteiger partial charge in [-0.1, -0.05) is 0 Å². The molecule has 6 heteroatoms. The molecule has 0 N–H and O–H groups in total. The molecule has 1 aliphatic rings. The molecule has 1 fully saturated rings. The summed E-state index contributed by atoms with van der Waals surface area (Å²) in [5.74, 6) is 0. The van der Waals surface area contributed by atoms with Crippen LogP contribution in [-0.2, 0) is 14.8 Å². The number of sulfonamides is 1. The third-order valence-corrected chi connectivity index (χ3v) is 5.77. The van der Waals surface area contributed by atoms with Gasteiger partial charge in [0.05, 0.1) is 6.61 Å². The van der Waals surface area contributed by atoms with Crippen molar-refractivity contribution in [3.05, 3.63) is 17.0 Å². The molecule has 1 unspecified atom stereocenters. The molecule has 2 heterocycles. The molecule has 1 aliphatic heterocycles. The molecule has 1 aromatic rings. The van der Waals surface area contributed by atoms with E-state index in [1.165, 1.54) is 15.6 Å². The van der Waals surface area contributed by atoms with E-state index < -0.39 is 10.0 Å². The SMILES string of the molecule is Cc1ccc(S(=O)(=O)N2CCOC2C)s1. The van der Waals surface area contributed by atoms with Crippen molar-refractivity contribution in [3.63, 3.8) is 0 Å². The van der Waals surface area contributed by atoms with E-state index in [0.29, 0.717) is 17.4 Å². The summed E-state index contributed by atoms with van der Waals surface area (Å²) >= 11 is 1.30. The number of ether oxygens (including phenoxy) is 1. The van der Waals surface area contributed by atoms with Crippen LogP contribution in [0.3, 0.4) is 0 Å². The van der Waals surface area contributed by atoms with Crippen LogP contribution in [0.15, 0.2) is 16.3 Å². The predicted molar refractivity (Wildman–Crippen MR) is 58.4 cm³/mol. The Morgan fingerprint density at radius 2 is 2.27 bits per heavy atom. The number of aryl methyl sites for hydroxylation is 1. The summed E-state index contributed by atoms with van der Waals surface area (Å²) in [6, 6.07) is 3.47. The third kappa shape index (κ3) is 1.94. The average Bonchev–Trinajstić information content (AvgIpc) is 2.74. The van der Waals surface area contributed by atoms with E-state index in [9.17, 15) is 8.42 Å². The minimum atomic E-state index is -3.34. The number of hydrogen-bond acceptors (Lipinski definition) is 4. The third-order valence-electron chi connectivity index (χ3n) is 2.35. The van der Waals surface area contributed by atoms with Crippen LogP contribution >= 0.6 is 11.3 Å². The Hall–Kier alpha value is -0.430. The molecule has 84 valence electrons. The van der Waals surface area contributed by atoms with E-state index >= 15 is 0 Å². The first-order valence-electron chi connectivity index (χ1n) is 4.72. The van der Waals surface area contributed by atoms with Gasteiger partial charge in [0, 0.05) is 11.4 Å². The number of hydrogen-bond donors (Lipinski definition) is 0. The highest BCUT2D eigenvalue weighted by molar-refractivity contribution is 7.91. The van der Waals surface area contributed by atoms with E-state index in [0.717, 1.165) is 4.88 Å². The van der Waals surface area contributed by atoms with Crippen LogP contribution in [0.25, 0.3) is 0 Å². The van der Waals surface area contributed by atoms with Gasteiger partial charge < -0.3 is 4.74 Å². The standard InChI is InChI=1S/C9H13NO3S2/c1-7-3-4-9(14-7)15(11,12)10-5-6-13-8(10)2/h3-4,8H,5-6H2,1-2H3. The van der Waals surface area contributed by atoms with Gasteiger partial charge in [-0.05, 0) is 26.0 Å². The lowest BCUT2D eigenvalue weighted by Crippen LogP contribution is -2.33. The Morgan fingerprint density at radius 3 is 2.73 bits per heavy atom. The van der Waals surface area contributed by atoms with Gasteiger partial charge in [0.1, 0.15) is 10.4 Å². The van der Waals surface area contributed by atoms with Crippen molar-refractivity contribution in [2.45, 2.75) is 24.3 Å². The second-order valence-electron chi connectivity index (χ2n) is 3.45. The number of rotatable bonds is 2. The van der Waals surface area contributed by atoms with Gasteiger partial charge >= 0.3 is 0 Å². The first-order chi connectivity index (χ1) is 7.01. The molecule has 1 saturated heterocycles. The fourth-order valence-electron chi connectivity index (χ4n) is 1.56. The summed E-state index contributed by atoms with van der Waals surface area (Å²) in [5, 5.41) is 0. The molecular formula is C9H13NO3S2. The molecule has 1 aromatic heterocycles. The van der Waals surface area contributed by atoms with Crippen molar-refractivity contribution < 1.29 is 13.2 Å². The molecule has 0 saturated carbocycles. The van der Waals surface area contributed by atoms with Gasteiger partial charge in [-0.25, -0.2) is 8.42 Å². The van der Waals surface area contributed by atoms with E-state index in [4.69, 9.17) is 4.74 Å². The second kappa shape index (κ2) is 3.86. The quantitative estimate of drug-likeness (QED) is 0.794. The zero-order valence-electron chi connectivity index (χ0n) is 8.63. The van der Waals surface area contributed by atoms with Crippen LogP contribution in [-0.4, -0.2) is 32.1 Å². The minimum Gasteiger partial charge on any atom is -0.361 e. The normalized spacial score (nSPS) is 23.5. The summed E-state index contributed by atoms with van der Waals surface area (Å²) in [4.78, 5) is 1.00. The summed E-state index contributed by atoms with van der Waals surface area (Å²) in [7, 11) is -3.34. The maximum Gasteiger partial charge on any atom is 0.254 e. The van der Waals surface area contributed by atoms with Crippen LogP contribution in [0.1, 0.15) is 11.8 Å². The van der Waals surface area contributed by atoms with E-state index in [-0.39, 0.29) is 6.23 Å². The number of thiophene rings is 1. The first kappa shape index (κ1) is 11.1. The molecule has 4 nitrogen and oxygen atoms in total. The molecule has 2 rings (SSSR count). The molecule has 0 radical (unpaired) electrons. The second-order valence-corrected chi connectivity index (χ2v) is 6.86. The summed E-state index contributed by atoms with van der Waals surface area (Å²) in [6.45, 7) is 4.57. The molecule has 15 heavy (non-hydrogen) atoms. The molecule has 0 aliphatic carbocycles. The molecular weight excluding hydrogens is 234 g/mol. The van der Waals surface area contributed by atoms with Gasteiger partial charge in [0.2, 0.25) is 0 Å². The minimum absolute atomic E-state index is 0.350. The fourth-order valence-corrected chi connectivity index (χ4v) is 4.49. The zero-order valence-corrected chi connectivity index (χ0v) is 10.3. The average molecular weight is 247 g/mol. The lowest BCUT2D eigenvalue weighted by Gasteiger charge is -2.17. The van der Waals surface area contributed by atoms with Crippen molar-refractivity contribution in [2.24, 2.45) is 0 Å². The van der Waals surface area contributed by atoms with Crippen LogP contribution in [0, 0.1) is 6.92 Å². The van der Waals surface area contributed by atoms with Crippen molar-refractivity contribution in [1.82, 2.24) is 4.31 Å². The maximum absolute atomic E-state index is 12.1.